The minimum Gasteiger partial charge on any atom is -0.478 e. The number of aliphatic carboxylic acids is 4. The zero-order valence-corrected chi connectivity index (χ0v) is 13.2. The number of allylic oxidation sites excluding steroid dienone is 4. The third-order valence-corrected chi connectivity index (χ3v) is 2.97. The Bertz CT molecular complexity index is 767. The molecular formula is C18H14O8. The lowest BCUT2D eigenvalue weighted by Crippen LogP contribution is -2.02. The molecule has 0 aliphatic heterocycles. The fourth-order valence-corrected chi connectivity index (χ4v) is 1.86. The Balaban J connectivity index is 3.22. The molecule has 0 amide bonds. The minimum atomic E-state index is -1.29. The van der Waals surface area contributed by atoms with Crippen LogP contribution in [0.2, 0.25) is 0 Å². The van der Waals surface area contributed by atoms with Crippen LogP contribution in [-0.2, 0) is 19.2 Å². The molecular weight excluding hydrogens is 344 g/mol. The first kappa shape index (κ1) is 20.1. The molecule has 0 saturated carbocycles. The third-order valence-electron chi connectivity index (χ3n) is 2.97. The lowest BCUT2D eigenvalue weighted by Gasteiger charge is -2.05. The zero-order chi connectivity index (χ0) is 19.7. The summed E-state index contributed by atoms with van der Waals surface area (Å²) in [6.07, 6.45) is 5.90. The van der Waals surface area contributed by atoms with Gasteiger partial charge in [-0.05, 0) is 23.3 Å². The molecule has 0 heterocycles. The summed E-state index contributed by atoms with van der Waals surface area (Å²) in [5.41, 5.74) is 0.116. The zero-order valence-electron chi connectivity index (χ0n) is 13.2. The van der Waals surface area contributed by atoms with Crippen molar-refractivity contribution in [2.75, 3.05) is 0 Å². The molecule has 0 atom stereocenters. The van der Waals surface area contributed by atoms with E-state index >= 15 is 0 Å². The van der Waals surface area contributed by atoms with Gasteiger partial charge in [-0.25, -0.2) is 19.2 Å². The van der Waals surface area contributed by atoms with Gasteiger partial charge in [0.05, 0.1) is 11.1 Å². The molecule has 4 N–H and O–H groups in total. The van der Waals surface area contributed by atoms with E-state index in [2.05, 4.69) is 0 Å². The first-order valence-electron chi connectivity index (χ1n) is 7.02. The monoisotopic (exact) mass is 358 g/mol. The van der Waals surface area contributed by atoms with Crippen molar-refractivity contribution >= 4 is 35.0 Å². The molecule has 0 saturated heterocycles. The van der Waals surface area contributed by atoms with E-state index in [1.165, 1.54) is 24.3 Å². The molecule has 0 aliphatic carbocycles. The van der Waals surface area contributed by atoms with E-state index in [1.54, 1.807) is 0 Å². The normalized spacial score (nSPS) is 12.5. The summed E-state index contributed by atoms with van der Waals surface area (Å²) < 4.78 is 0. The number of carbonyl (C=O) groups is 4. The molecule has 0 radical (unpaired) electrons. The van der Waals surface area contributed by atoms with E-state index in [0.717, 1.165) is 36.5 Å². The molecule has 0 aliphatic rings. The highest BCUT2D eigenvalue weighted by Crippen LogP contribution is 2.20. The maximum atomic E-state index is 11.3. The van der Waals surface area contributed by atoms with Crippen molar-refractivity contribution in [3.05, 3.63) is 71.8 Å². The van der Waals surface area contributed by atoms with Crippen molar-refractivity contribution in [3.8, 4) is 0 Å². The van der Waals surface area contributed by atoms with Crippen molar-refractivity contribution in [1.29, 1.82) is 0 Å². The van der Waals surface area contributed by atoms with Gasteiger partial charge in [0.15, 0.2) is 0 Å². The highest BCUT2D eigenvalue weighted by Gasteiger charge is 2.13. The predicted octanol–water partition coefficient (Wildman–Crippen LogP) is 1.90. The lowest BCUT2D eigenvalue weighted by atomic mass is 9.99. The molecule has 26 heavy (non-hydrogen) atoms. The summed E-state index contributed by atoms with van der Waals surface area (Å²) in [5.74, 6) is -5.03. The van der Waals surface area contributed by atoms with Gasteiger partial charge in [0, 0.05) is 12.2 Å². The average molecular weight is 358 g/mol. The second-order valence-electron chi connectivity index (χ2n) is 4.74. The van der Waals surface area contributed by atoms with Crippen LogP contribution in [0.15, 0.2) is 60.7 Å². The quantitative estimate of drug-likeness (QED) is 0.406. The Kier molecular flexibility index (Phi) is 7.25. The van der Waals surface area contributed by atoms with Crippen LogP contribution in [0, 0.1) is 0 Å². The van der Waals surface area contributed by atoms with E-state index < -0.39 is 23.9 Å². The van der Waals surface area contributed by atoms with E-state index in [0.29, 0.717) is 0 Å². The lowest BCUT2D eigenvalue weighted by molar-refractivity contribution is -0.132. The average Bonchev–Trinajstić information content (AvgIpc) is 2.55. The van der Waals surface area contributed by atoms with Gasteiger partial charge in [-0.1, -0.05) is 36.4 Å². The van der Waals surface area contributed by atoms with Gasteiger partial charge in [0.1, 0.15) is 0 Å². The summed E-state index contributed by atoms with van der Waals surface area (Å²) >= 11 is 0. The standard InChI is InChI=1S/C18H14O8/c19-15(20)5-1-3-13(17(23)24)11-7-9-12(10-8-11)14(18(25)26)4-2-6-16(21)22/h1-10H,(H,19,20)(H,21,22)(H,23,24)(H,25,26). The molecule has 0 fully saturated rings. The number of hydrogen-bond acceptors (Lipinski definition) is 4. The Morgan fingerprint density at radius 2 is 0.923 bits per heavy atom. The van der Waals surface area contributed by atoms with E-state index in [-0.39, 0.29) is 22.3 Å². The molecule has 1 aromatic carbocycles. The third kappa shape index (κ3) is 6.28. The van der Waals surface area contributed by atoms with Crippen molar-refractivity contribution in [2.45, 2.75) is 0 Å². The smallest absolute Gasteiger partial charge is 0.336 e. The summed E-state index contributed by atoms with van der Waals surface area (Å²) in [4.78, 5) is 43.4. The second-order valence-corrected chi connectivity index (χ2v) is 4.74. The molecule has 8 nitrogen and oxygen atoms in total. The number of carboxylic acids is 4. The SMILES string of the molecule is O=C(O)C=CC=C(C(=O)O)c1ccc(C(=CC=CC(=O)O)C(=O)O)cc1. The molecule has 0 bridgehead atoms. The minimum absolute atomic E-state index is 0.180. The molecule has 1 aromatic rings. The summed E-state index contributed by atoms with van der Waals surface area (Å²) in [6, 6.07) is 5.45. The predicted molar refractivity (Wildman–Crippen MR) is 91.2 cm³/mol. The van der Waals surface area contributed by atoms with Crippen LogP contribution < -0.4 is 0 Å². The molecule has 134 valence electrons. The van der Waals surface area contributed by atoms with Crippen LogP contribution in [0.5, 0.6) is 0 Å². The largest absolute Gasteiger partial charge is 0.478 e. The highest BCUT2D eigenvalue weighted by molar-refractivity contribution is 6.17. The number of benzene rings is 1. The van der Waals surface area contributed by atoms with E-state index in [9.17, 15) is 29.4 Å². The van der Waals surface area contributed by atoms with E-state index in [4.69, 9.17) is 10.2 Å². The number of rotatable bonds is 8. The Morgan fingerprint density at radius 1 is 0.615 bits per heavy atom. The molecule has 1 rings (SSSR count). The van der Waals surface area contributed by atoms with Crippen molar-refractivity contribution < 1.29 is 39.6 Å². The van der Waals surface area contributed by atoms with Crippen molar-refractivity contribution in [1.82, 2.24) is 0 Å². The maximum Gasteiger partial charge on any atom is 0.336 e. The highest BCUT2D eigenvalue weighted by atomic mass is 16.4. The molecule has 0 spiro atoms. The van der Waals surface area contributed by atoms with Crippen LogP contribution >= 0.6 is 0 Å². The van der Waals surface area contributed by atoms with Gasteiger partial charge in [-0.2, -0.15) is 0 Å². The van der Waals surface area contributed by atoms with Gasteiger partial charge >= 0.3 is 23.9 Å². The van der Waals surface area contributed by atoms with Gasteiger partial charge < -0.3 is 20.4 Å². The summed E-state index contributed by atoms with van der Waals surface area (Å²) in [6.45, 7) is 0. The summed E-state index contributed by atoms with van der Waals surface area (Å²) in [5, 5.41) is 35.5. The fraction of sp³-hybridized carbons (Fsp3) is 0. The fourth-order valence-electron chi connectivity index (χ4n) is 1.86. The topological polar surface area (TPSA) is 149 Å². The Morgan fingerprint density at radius 3 is 1.15 bits per heavy atom. The van der Waals surface area contributed by atoms with Crippen molar-refractivity contribution in [3.63, 3.8) is 0 Å². The van der Waals surface area contributed by atoms with Gasteiger partial charge in [0.2, 0.25) is 0 Å². The Labute approximate surface area is 147 Å². The second kappa shape index (κ2) is 9.38. The molecule has 0 aromatic heterocycles. The van der Waals surface area contributed by atoms with Crippen LogP contribution in [0.3, 0.4) is 0 Å². The first-order chi connectivity index (χ1) is 12.2. The van der Waals surface area contributed by atoms with Crippen LogP contribution in [0.4, 0.5) is 0 Å². The first-order valence-corrected chi connectivity index (χ1v) is 7.02. The van der Waals surface area contributed by atoms with Crippen molar-refractivity contribution in [2.24, 2.45) is 0 Å². The number of hydrogen-bond donors (Lipinski definition) is 4. The van der Waals surface area contributed by atoms with Gasteiger partial charge in [-0.15, -0.1) is 0 Å². The van der Waals surface area contributed by atoms with Gasteiger partial charge in [0.25, 0.3) is 0 Å². The maximum absolute atomic E-state index is 11.3. The van der Waals surface area contributed by atoms with Crippen LogP contribution in [0.1, 0.15) is 11.1 Å². The Hall–Kier alpha value is -3.94. The summed E-state index contributed by atoms with van der Waals surface area (Å²) in [7, 11) is 0. The van der Waals surface area contributed by atoms with Gasteiger partial charge in [-0.3, -0.25) is 0 Å². The van der Waals surface area contributed by atoms with E-state index in [1.807, 2.05) is 0 Å². The molecule has 8 heteroatoms. The molecule has 0 unspecified atom stereocenters. The van der Waals surface area contributed by atoms with Crippen LogP contribution in [0.25, 0.3) is 11.1 Å². The number of carboxylic acid groups (broad SMARTS) is 4. The van der Waals surface area contributed by atoms with Crippen LogP contribution in [-0.4, -0.2) is 44.3 Å².